The molecule has 0 saturated heterocycles. The predicted molar refractivity (Wildman–Crippen MR) is 69.7 cm³/mol. The zero-order valence-electron chi connectivity index (χ0n) is 10.5. The Labute approximate surface area is 97.5 Å². The van der Waals surface area contributed by atoms with Gasteiger partial charge in [0.1, 0.15) is 0 Å². The number of rotatable bonds is 1. The second kappa shape index (κ2) is 3.82. The zero-order chi connectivity index (χ0) is 11.8. The van der Waals surface area contributed by atoms with Crippen molar-refractivity contribution in [3.05, 3.63) is 47.7 Å². The van der Waals surface area contributed by atoms with E-state index in [1.807, 2.05) is 0 Å². The monoisotopic (exact) mass is 213 g/mol. The van der Waals surface area contributed by atoms with Crippen molar-refractivity contribution in [2.24, 2.45) is 0 Å². The van der Waals surface area contributed by atoms with E-state index in [2.05, 4.69) is 69.1 Å². The highest BCUT2D eigenvalue weighted by molar-refractivity contribution is 5.64. The molecule has 1 N–H and O–H groups in total. The summed E-state index contributed by atoms with van der Waals surface area (Å²) < 4.78 is 0. The third-order valence-electron chi connectivity index (χ3n) is 2.93. The van der Waals surface area contributed by atoms with Gasteiger partial charge in [-0.2, -0.15) is 0 Å². The summed E-state index contributed by atoms with van der Waals surface area (Å²) in [6.07, 6.45) is 0. The van der Waals surface area contributed by atoms with E-state index >= 15 is 0 Å². The fraction of sp³-hybridized carbons (Fsp3) is 0.333. The summed E-state index contributed by atoms with van der Waals surface area (Å²) in [5.41, 5.74) is 5.28. The van der Waals surface area contributed by atoms with Crippen LogP contribution < -0.4 is 0 Å². The van der Waals surface area contributed by atoms with Crippen LogP contribution in [-0.4, -0.2) is 4.98 Å². The van der Waals surface area contributed by atoms with E-state index < -0.39 is 0 Å². The molecule has 0 unspecified atom stereocenters. The van der Waals surface area contributed by atoms with Crippen molar-refractivity contribution < 1.29 is 0 Å². The molecule has 2 rings (SSSR count). The minimum Gasteiger partial charge on any atom is -0.358 e. The largest absolute Gasteiger partial charge is 0.358 e. The number of nitrogens with one attached hydrogen (secondary N) is 1. The smallest absolute Gasteiger partial charge is 0.0458 e. The molecule has 1 aromatic carbocycles. The Balaban J connectivity index is 2.44. The van der Waals surface area contributed by atoms with Gasteiger partial charge in [-0.3, -0.25) is 0 Å². The van der Waals surface area contributed by atoms with Crippen LogP contribution in [0.25, 0.3) is 11.3 Å². The van der Waals surface area contributed by atoms with Gasteiger partial charge in [0.2, 0.25) is 0 Å². The summed E-state index contributed by atoms with van der Waals surface area (Å²) in [5, 5.41) is 0. The van der Waals surface area contributed by atoms with Gasteiger partial charge in [-0.05, 0) is 24.6 Å². The second-order valence-electron chi connectivity index (χ2n) is 5.35. The van der Waals surface area contributed by atoms with E-state index in [1.54, 1.807) is 0 Å². The van der Waals surface area contributed by atoms with Crippen molar-refractivity contribution >= 4 is 0 Å². The maximum Gasteiger partial charge on any atom is 0.0458 e. The standard InChI is InChI=1S/C15H19N/c1-11-7-5-6-8-12(11)13-9-10-14(16-13)15(2,3)4/h5-10,16H,1-4H3. The number of hydrogen-bond donors (Lipinski definition) is 1. The van der Waals surface area contributed by atoms with Crippen LogP contribution in [0, 0.1) is 6.92 Å². The molecule has 16 heavy (non-hydrogen) atoms. The van der Waals surface area contributed by atoms with Gasteiger partial charge in [-0.25, -0.2) is 0 Å². The topological polar surface area (TPSA) is 15.8 Å². The first kappa shape index (κ1) is 11.0. The van der Waals surface area contributed by atoms with E-state index in [9.17, 15) is 0 Å². The van der Waals surface area contributed by atoms with Crippen LogP contribution in [0.5, 0.6) is 0 Å². The third kappa shape index (κ3) is 2.04. The molecule has 0 aliphatic heterocycles. The predicted octanol–water partition coefficient (Wildman–Crippen LogP) is 4.29. The van der Waals surface area contributed by atoms with E-state index in [0.717, 1.165) is 0 Å². The minimum absolute atomic E-state index is 0.181. The molecule has 0 saturated carbocycles. The number of aromatic nitrogens is 1. The number of aryl methyl sites for hydroxylation is 1. The SMILES string of the molecule is Cc1ccccc1-c1ccc(C(C)(C)C)[nH]1. The number of hydrogen-bond acceptors (Lipinski definition) is 0. The molecule has 1 nitrogen and oxygen atoms in total. The van der Waals surface area contributed by atoms with Crippen LogP contribution in [-0.2, 0) is 5.41 Å². The fourth-order valence-corrected chi connectivity index (χ4v) is 1.86. The summed E-state index contributed by atoms with van der Waals surface area (Å²) >= 11 is 0. The van der Waals surface area contributed by atoms with Gasteiger partial charge in [-0.15, -0.1) is 0 Å². The van der Waals surface area contributed by atoms with Crippen molar-refractivity contribution in [2.75, 3.05) is 0 Å². The Morgan fingerprint density at radius 3 is 2.19 bits per heavy atom. The summed E-state index contributed by atoms with van der Waals surface area (Å²) in [6, 6.07) is 12.8. The van der Waals surface area contributed by atoms with E-state index in [4.69, 9.17) is 0 Å². The number of H-pyrrole nitrogens is 1. The molecule has 1 heterocycles. The van der Waals surface area contributed by atoms with E-state index in [-0.39, 0.29) is 5.41 Å². The Bertz CT molecular complexity index is 486. The molecule has 1 heteroatoms. The quantitative estimate of drug-likeness (QED) is 0.727. The van der Waals surface area contributed by atoms with Gasteiger partial charge in [0.25, 0.3) is 0 Å². The fourth-order valence-electron chi connectivity index (χ4n) is 1.86. The summed E-state index contributed by atoms with van der Waals surface area (Å²) in [7, 11) is 0. The van der Waals surface area contributed by atoms with Crippen molar-refractivity contribution in [1.82, 2.24) is 4.98 Å². The Morgan fingerprint density at radius 2 is 1.62 bits per heavy atom. The Morgan fingerprint density at radius 1 is 0.938 bits per heavy atom. The van der Waals surface area contributed by atoms with Crippen molar-refractivity contribution in [3.8, 4) is 11.3 Å². The van der Waals surface area contributed by atoms with Gasteiger partial charge in [-0.1, -0.05) is 45.0 Å². The molecule has 2 aromatic rings. The number of aromatic amines is 1. The van der Waals surface area contributed by atoms with Crippen LogP contribution in [0.15, 0.2) is 36.4 Å². The van der Waals surface area contributed by atoms with Gasteiger partial charge in [0, 0.05) is 22.4 Å². The van der Waals surface area contributed by atoms with Gasteiger partial charge in [0.15, 0.2) is 0 Å². The molecule has 0 atom stereocenters. The maximum atomic E-state index is 3.51. The molecule has 84 valence electrons. The molecular weight excluding hydrogens is 194 g/mol. The summed E-state index contributed by atoms with van der Waals surface area (Å²) in [6.45, 7) is 8.81. The first-order valence-corrected chi connectivity index (χ1v) is 5.74. The van der Waals surface area contributed by atoms with Crippen LogP contribution in [0.4, 0.5) is 0 Å². The van der Waals surface area contributed by atoms with Crippen molar-refractivity contribution in [2.45, 2.75) is 33.1 Å². The normalized spacial score (nSPS) is 11.8. The Kier molecular flexibility index (Phi) is 2.63. The molecule has 0 aliphatic carbocycles. The highest BCUT2D eigenvalue weighted by atomic mass is 14.7. The van der Waals surface area contributed by atoms with Crippen LogP contribution in [0.2, 0.25) is 0 Å². The first-order valence-electron chi connectivity index (χ1n) is 5.74. The van der Waals surface area contributed by atoms with Gasteiger partial charge in [0.05, 0.1) is 0 Å². The average Bonchev–Trinajstić information content (AvgIpc) is 2.66. The van der Waals surface area contributed by atoms with Crippen LogP contribution >= 0.6 is 0 Å². The Hall–Kier alpha value is -1.50. The lowest BCUT2D eigenvalue weighted by molar-refractivity contribution is 0.573. The molecule has 0 bridgehead atoms. The van der Waals surface area contributed by atoms with E-state index in [0.29, 0.717) is 0 Å². The average molecular weight is 213 g/mol. The highest BCUT2D eigenvalue weighted by Gasteiger charge is 2.16. The molecular formula is C15H19N. The van der Waals surface area contributed by atoms with Crippen molar-refractivity contribution in [1.29, 1.82) is 0 Å². The zero-order valence-corrected chi connectivity index (χ0v) is 10.5. The molecule has 0 radical (unpaired) electrons. The van der Waals surface area contributed by atoms with Crippen LogP contribution in [0.1, 0.15) is 32.0 Å². The second-order valence-corrected chi connectivity index (χ2v) is 5.35. The third-order valence-corrected chi connectivity index (χ3v) is 2.93. The van der Waals surface area contributed by atoms with Crippen molar-refractivity contribution in [3.63, 3.8) is 0 Å². The summed E-state index contributed by atoms with van der Waals surface area (Å²) in [5.74, 6) is 0. The minimum atomic E-state index is 0.181. The lowest BCUT2D eigenvalue weighted by atomic mass is 9.93. The van der Waals surface area contributed by atoms with E-state index in [1.165, 1.54) is 22.5 Å². The summed E-state index contributed by atoms with van der Waals surface area (Å²) in [4.78, 5) is 3.51. The lowest BCUT2D eigenvalue weighted by Crippen LogP contribution is -2.11. The first-order chi connectivity index (χ1) is 7.48. The highest BCUT2D eigenvalue weighted by Crippen LogP contribution is 2.27. The number of benzene rings is 1. The van der Waals surface area contributed by atoms with Gasteiger partial charge < -0.3 is 4.98 Å². The molecule has 0 spiro atoms. The molecule has 1 aromatic heterocycles. The molecule has 0 fully saturated rings. The van der Waals surface area contributed by atoms with Gasteiger partial charge >= 0.3 is 0 Å². The lowest BCUT2D eigenvalue weighted by Gasteiger charge is -2.16. The molecule has 0 aliphatic rings. The van der Waals surface area contributed by atoms with Crippen LogP contribution in [0.3, 0.4) is 0 Å². The maximum absolute atomic E-state index is 3.51. The molecule has 0 amide bonds.